The zero-order valence-corrected chi connectivity index (χ0v) is 23.5. The van der Waals surface area contributed by atoms with Crippen LogP contribution in [0.4, 0.5) is 0 Å². The number of ether oxygens (including phenoxy) is 3. The largest absolute Gasteiger partial charge is 0.497 e. The number of carboxylic acid groups (broad SMARTS) is 1. The lowest BCUT2D eigenvalue weighted by Gasteiger charge is -2.26. The summed E-state index contributed by atoms with van der Waals surface area (Å²) in [6, 6.07) is 14.1. The first kappa shape index (κ1) is 27.7. The molecule has 10 nitrogen and oxygen atoms in total. The van der Waals surface area contributed by atoms with Gasteiger partial charge >= 0.3 is 11.9 Å². The smallest absolute Gasteiger partial charge is 0.338 e. The molecule has 0 spiro atoms. The van der Waals surface area contributed by atoms with Crippen molar-refractivity contribution in [3.63, 3.8) is 0 Å². The summed E-state index contributed by atoms with van der Waals surface area (Å²) in [5, 5.41) is 9.31. The van der Waals surface area contributed by atoms with Crippen LogP contribution in [0.3, 0.4) is 0 Å². The van der Waals surface area contributed by atoms with Gasteiger partial charge in [-0.2, -0.15) is 0 Å². The zero-order chi connectivity index (χ0) is 29.3. The van der Waals surface area contributed by atoms with Crippen LogP contribution in [-0.4, -0.2) is 42.4 Å². The first-order valence-corrected chi connectivity index (χ1v) is 13.4. The molecule has 0 fully saturated rings. The highest BCUT2D eigenvalue weighted by Crippen LogP contribution is 2.37. The molecule has 2 aromatic carbocycles. The van der Waals surface area contributed by atoms with Crippen molar-refractivity contribution in [2.75, 3.05) is 20.8 Å². The van der Waals surface area contributed by atoms with Crippen LogP contribution in [-0.2, 0) is 9.53 Å². The van der Waals surface area contributed by atoms with Gasteiger partial charge in [-0.15, -0.1) is 0 Å². The fraction of sp³-hybridized carbons (Fsp3) is 0.200. The maximum Gasteiger partial charge on any atom is 0.338 e. The number of hydrogen-bond donors (Lipinski definition) is 1. The number of hydrogen-bond acceptors (Lipinski definition) is 9. The summed E-state index contributed by atoms with van der Waals surface area (Å²) >= 11 is 1.15. The summed E-state index contributed by atoms with van der Waals surface area (Å²) in [7, 11) is 3.04. The molecule has 0 saturated carbocycles. The number of esters is 1. The van der Waals surface area contributed by atoms with E-state index in [0.717, 1.165) is 11.3 Å². The molecule has 11 heteroatoms. The molecule has 0 bridgehead atoms. The highest BCUT2D eigenvalue weighted by molar-refractivity contribution is 7.07. The minimum atomic E-state index is -1.04. The van der Waals surface area contributed by atoms with Gasteiger partial charge in [0.2, 0.25) is 0 Å². The molecule has 210 valence electrons. The molecular weight excluding hydrogens is 548 g/mol. The molecule has 41 heavy (non-hydrogen) atoms. The van der Waals surface area contributed by atoms with Crippen molar-refractivity contribution in [2.45, 2.75) is 19.9 Å². The molecule has 4 aromatic rings. The zero-order valence-electron chi connectivity index (χ0n) is 22.7. The SMILES string of the molecule is CCOC(=O)C1=C(C)N=c2sc(=Cc3ccc(-c4cccc(C(=O)O)c4)o3)c(=O)n2[C@H]1c1cc(OC)ccc1OC. The number of fused-ring (bicyclic) bond motifs is 1. The number of thiazole rings is 1. The number of furan rings is 1. The average Bonchev–Trinajstić information content (AvgIpc) is 3.56. The van der Waals surface area contributed by atoms with E-state index in [1.807, 2.05) is 0 Å². The highest BCUT2D eigenvalue weighted by atomic mass is 32.1. The number of methoxy groups -OCH3 is 2. The van der Waals surface area contributed by atoms with Crippen LogP contribution in [0.1, 0.15) is 41.6 Å². The van der Waals surface area contributed by atoms with Crippen LogP contribution in [0.2, 0.25) is 0 Å². The number of aromatic nitrogens is 1. The molecule has 0 saturated heterocycles. The molecule has 1 aliphatic heterocycles. The first-order chi connectivity index (χ1) is 19.7. The fourth-order valence-corrected chi connectivity index (χ4v) is 5.69. The normalized spacial score (nSPS) is 14.8. The van der Waals surface area contributed by atoms with Crippen molar-refractivity contribution in [1.82, 2.24) is 4.57 Å². The summed E-state index contributed by atoms with van der Waals surface area (Å²) in [5.41, 5.74) is 1.51. The number of carboxylic acids is 1. The van der Waals surface area contributed by atoms with Crippen LogP contribution in [0.25, 0.3) is 17.4 Å². The molecular formula is C30H26N2O8S. The topological polar surface area (TPSA) is 130 Å². The van der Waals surface area contributed by atoms with Gasteiger partial charge in [-0.3, -0.25) is 9.36 Å². The third-order valence-electron chi connectivity index (χ3n) is 6.54. The standard InChI is InChI=1S/C30H26N2O8S/c1-5-39-29(36)25-16(2)31-30-32(26(25)21-14-19(37-3)9-12-23(21)38-4)27(33)24(41-30)15-20-10-11-22(40-20)17-7-6-8-18(13-17)28(34)35/h6-15,26H,5H2,1-4H3,(H,34,35)/t26-/m0/s1. The van der Waals surface area contributed by atoms with E-state index in [-0.39, 0.29) is 23.3 Å². The average molecular weight is 575 g/mol. The maximum atomic E-state index is 13.9. The Labute approximate surface area is 238 Å². The van der Waals surface area contributed by atoms with Crippen molar-refractivity contribution in [2.24, 2.45) is 4.99 Å². The molecule has 5 rings (SSSR count). The van der Waals surface area contributed by atoms with Crippen molar-refractivity contribution in [3.05, 3.63) is 102 Å². The summed E-state index contributed by atoms with van der Waals surface area (Å²) in [6.07, 6.45) is 1.59. The molecule has 0 radical (unpaired) electrons. The van der Waals surface area contributed by atoms with Crippen molar-refractivity contribution in [3.8, 4) is 22.8 Å². The van der Waals surface area contributed by atoms with Gasteiger partial charge in [-0.05, 0) is 56.3 Å². The Morgan fingerprint density at radius 2 is 1.93 bits per heavy atom. The van der Waals surface area contributed by atoms with E-state index in [1.54, 1.807) is 62.4 Å². The molecule has 1 aliphatic rings. The lowest BCUT2D eigenvalue weighted by Crippen LogP contribution is -2.40. The highest BCUT2D eigenvalue weighted by Gasteiger charge is 2.35. The van der Waals surface area contributed by atoms with Gasteiger partial charge in [0.05, 0.1) is 42.2 Å². The lowest BCUT2D eigenvalue weighted by molar-refractivity contribution is -0.139. The van der Waals surface area contributed by atoms with Crippen molar-refractivity contribution >= 4 is 29.4 Å². The lowest BCUT2D eigenvalue weighted by atomic mass is 9.95. The number of aromatic carboxylic acids is 1. The van der Waals surface area contributed by atoms with Gasteiger partial charge < -0.3 is 23.7 Å². The molecule has 2 aromatic heterocycles. The van der Waals surface area contributed by atoms with E-state index in [0.29, 0.717) is 49.2 Å². The quantitative estimate of drug-likeness (QED) is 0.315. The van der Waals surface area contributed by atoms with E-state index in [4.69, 9.17) is 18.6 Å². The van der Waals surface area contributed by atoms with E-state index >= 15 is 0 Å². The Kier molecular flexibility index (Phi) is 7.62. The molecule has 0 amide bonds. The van der Waals surface area contributed by atoms with Crippen LogP contribution in [0.15, 0.2) is 80.1 Å². The number of rotatable bonds is 8. The summed E-state index contributed by atoms with van der Waals surface area (Å²) in [6.45, 7) is 3.56. The molecule has 0 aliphatic carbocycles. The Morgan fingerprint density at radius 1 is 1.12 bits per heavy atom. The second-order valence-electron chi connectivity index (χ2n) is 9.00. The number of allylic oxidation sites excluding steroid dienone is 1. The Hall–Kier alpha value is -4.90. The maximum absolute atomic E-state index is 13.9. The Balaban J connectivity index is 1.66. The summed E-state index contributed by atoms with van der Waals surface area (Å²) in [4.78, 5) is 43.4. The first-order valence-electron chi connectivity index (χ1n) is 12.6. The van der Waals surface area contributed by atoms with Gasteiger partial charge in [-0.25, -0.2) is 14.6 Å². The van der Waals surface area contributed by atoms with Crippen LogP contribution in [0.5, 0.6) is 11.5 Å². The van der Waals surface area contributed by atoms with Crippen molar-refractivity contribution < 1.29 is 33.3 Å². The van der Waals surface area contributed by atoms with Crippen LogP contribution in [0, 0.1) is 0 Å². The second-order valence-corrected chi connectivity index (χ2v) is 10.0. The van der Waals surface area contributed by atoms with Gasteiger partial charge in [0.1, 0.15) is 29.1 Å². The van der Waals surface area contributed by atoms with Gasteiger partial charge in [0.15, 0.2) is 4.80 Å². The molecule has 0 unspecified atom stereocenters. The predicted molar refractivity (Wildman–Crippen MR) is 151 cm³/mol. The molecule has 3 heterocycles. The summed E-state index contributed by atoms with van der Waals surface area (Å²) in [5.74, 6) is 0.197. The van der Waals surface area contributed by atoms with E-state index in [2.05, 4.69) is 4.99 Å². The molecule has 1 atom stereocenters. The predicted octanol–water partition coefficient (Wildman–Crippen LogP) is 3.77. The van der Waals surface area contributed by atoms with Crippen LogP contribution < -0.4 is 24.4 Å². The van der Waals surface area contributed by atoms with E-state index in [1.165, 1.54) is 30.9 Å². The number of benzene rings is 2. The Bertz CT molecular complexity index is 1880. The van der Waals surface area contributed by atoms with Gasteiger partial charge in [-0.1, -0.05) is 23.5 Å². The monoisotopic (exact) mass is 574 g/mol. The van der Waals surface area contributed by atoms with E-state index < -0.39 is 18.0 Å². The van der Waals surface area contributed by atoms with Crippen LogP contribution >= 0.6 is 11.3 Å². The number of nitrogens with zero attached hydrogens (tertiary/aromatic N) is 2. The minimum absolute atomic E-state index is 0.134. The number of carbonyl (C=O) groups excluding carboxylic acids is 1. The number of carbonyl (C=O) groups is 2. The van der Waals surface area contributed by atoms with Gasteiger partial charge in [0.25, 0.3) is 5.56 Å². The fourth-order valence-electron chi connectivity index (χ4n) is 4.66. The van der Waals surface area contributed by atoms with E-state index in [9.17, 15) is 19.5 Å². The minimum Gasteiger partial charge on any atom is -0.497 e. The van der Waals surface area contributed by atoms with Crippen molar-refractivity contribution in [1.29, 1.82) is 0 Å². The Morgan fingerprint density at radius 3 is 2.63 bits per heavy atom. The third kappa shape index (κ3) is 5.19. The van der Waals surface area contributed by atoms with Gasteiger partial charge in [0, 0.05) is 17.2 Å². The summed E-state index contributed by atoms with van der Waals surface area (Å²) < 4.78 is 24.1. The molecule has 1 N–H and O–H groups in total. The second kappa shape index (κ2) is 11.3. The third-order valence-corrected chi connectivity index (χ3v) is 7.53.